The molecule has 0 aromatic heterocycles. The molecule has 148 valence electrons. The van der Waals surface area contributed by atoms with Crippen molar-refractivity contribution in [2.45, 2.75) is 0 Å². The predicted octanol–water partition coefficient (Wildman–Crippen LogP) is 3.38. The monoisotopic (exact) mass is 391 g/mol. The molecule has 29 heavy (non-hydrogen) atoms. The number of benzene rings is 3. The van der Waals surface area contributed by atoms with Crippen LogP contribution in [0, 0.1) is 5.82 Å². The molecule has 1 saturated heterocycles. The van der Waals surface area contributed by atoms with Crippen molar-refractivity contribution in [1.29, 1.82) is 0 Å². The molecule has 0 aliphatic carbocycles. The Kier molecular flexibility index (Phi) is 5.53. The normalized spacial score (nSPS) is 14.7. The minimum atomic E-state index is -0.386. The van der Waals surface area contributed by atoms with Gasteiger partial charge in [-0.15, -0.1) is 0 Å². The number of anilines is 1. The molecule has 0 bridgehead atoms. The Balaban J connectivity index is 1.34. The molecule has 1 fully saturated rings. The third kappa shape index (κ3) is 4.43. The average Bonchev–Trinajstić information content (AvgIpc) is 2.73. The van der Waals surface area contributed by atoms with Gasteiger partial charge in [-0.1, -0.05) is 42.5 Å². The number of piperazine rings is 1. The molecule has 1 heterocycles. The smallest absolute Gasteiger partial charge is 0.254 e. The molecule has 5 nitrogen and oxygen atoms in total. The van der Waals surface area contributed by atoms with Gasteiger partial charge < -0.3 is 10.2 Å². The largest absolute Gasteiger partial charge is 0.336 e. The molecule has 0 radical (unpaired) electrons. The van der Waals surface area contributed by atoms with Crippen molar-refractivity contribution >= 4 is 28.3 Å². The van der Waals surface area contributed by atoms with Crippen LogP contribution in [0.5, 0.6) is 0 Å². The van der Waals surface area contributed by atoms with Crippen LogP contribution in [-0.4, -0.2) is 54.3 Å². The lowest BCUT2D eigenvalue weighted by atomic mass is 10.0. The Labute approximate surface area is 168 Å². The number of hydrogen-bond acceptors (Lipinski definition) is 3. The Morgan fingerprint density at radius 3 is 2.41 bits per heavy atom. The maximum atomic E-state index is 13.2. The second kappa shape index (κ2) is 8.41. The quantitative estimate of drug-likeness (QED) is 0.742. The number of nitrogens with one attached hydrogen (secondary N) is 1. The lowest BCUT2D eigenvalue weighted by Crippen LogP contribution is -2.50. The van der Waals surface area contributed by atoms with Crippen LogP contribution in [0.4, 0.5) is 10.1 Å². The molecular weight excluding hydrogens is 369 g/mol. The van der Waals surface area contributed by atoms with Crippen molar-refractivity contribution in [3.63, 3.8) is 0 Å². The summed E-state index contributed by atoms with van der Waals surface area (Å²) < 4.78 is 13.2. The van der Waals surface area contributed by atoms with E-state index in [-0.39, 0.29) is 24.2 Å². The van der Waals surface area contributed by atoms with Crippen molar-refractivity contribution in [2.75, 3.05) is 38.0 Å². The van der Waals surface area contributed by atoms with E-state index in [2.05, 4.69) is 5.32 Å². The SMILES string of the molecule is O=C(CN1CCN(C(=O)c2cccc3ccccc23)CC1)Nc1cccc(F)c1. The van der Waals surface area contributed by atoms with Crippen LogP contribution >= 0.6 is 0 Å². The third-order valence-electron chi connectivity index (χ3n) is 5.16. The number of halogens is 1. The number of carbonyl (C=O) groups is 2. The van der Waals surface area contributed by atoms with Gasteiger partial charge in [0.25, 0.3) is 5.91 Å². The molecule has 0 atom stereocenters. The van der Waals surface area contributed by atoms with Gasteiger partial charge >= 0.3 is 0 Å². The number of amides is 2. The highest BCUT2D eigenvalue weighted by Gasteiger charge is 2.24. The first-order chi connectivity index (χ1) is 14.1. The third-order valence-corrected chi connectivity index (χ3v) is 5.16. The summed E-state index contributed by atoms with van der Waals surface area (Å²) in [6.07, 6.45) is 0. The van der Waals surface area contributed by atoms with E-state index < -0.39 is 0 Å². The zero-order valence-electron chi connectivity index (χ0n) is 16.0. The Bertz CT molecular complexity index is 1040. The van der Waals surface area contributed by atoms with Crippen molar-refractivity contribution < 1.29 is 14.0 Å². The number of rotatable bonds is 4. The van der Waals surface area contributed by atoms with Crippen molar-refractivity contribution in [1.82, 2.24) is 9.80 Å². The summed E-state index contributed by atoms with van der Waals surface area (Å²) in [5, 5.41) is 4.71. The number of nitrogens with zero attached hydrogens (tertiary/aromatic N) is 2. The summed E-state index contributed by atoms with van der Waals surface area (Å²) in [4.78, 5) is 29.1. The highest BCUT2D eigenvalue weighted by atomic mass is 19.1. The van der Waals surface area contributed by atoms with E-state index in [1.807, 2.05) is 52.3 Å². The Morgan fingerprint density at radius 1 is 0.897 bits per heavy atom. The van der Waals surface area contributed by atoms with Crippen molar-refractivity contribution in [2.24, 2.45) is 0 Å². The summed E-state index contributed by atoms with van der Waals surface area (Å²) in [5.41, 5.74) is 1.15. The first-order valence-corrected chi connectivity index (χ1v) is 9.65. The Morgan fingerprint density at radius 2 is 1.62 bits per heavy atom. The molecule has 1 N–H and O–H groups in total. The van der Waals surface area contributed by atoms with Gasteiger partial charge in [0, 0.05) is 37.4 Å². The van der Waals surface area contributed by atoms with Gasteiger partial charge in [-0.25, -0.2) is 4.39 Å². The lowest BCUT2D eigenvalue weighted by molar-refractivity contribution is -0.117. The molecule has 0 spiro atoms. The van der Waals surface area contributed by atoms with Gasteiger partial charge in [-0.3, -0.25) is 14.5 Å². The van der Waals surface area contributed by atoms with E-state index >= 15 is 0 Å². The molecule has 0 saturated carbocycles. The summed E-state index contributed by atoms with van der Waals surface area (Å²) in [6.45, 7) is 2.58. The maximum Gasteiger partial charge on any atom is 0.254 e. The molecule has 3 aromatic rings. The zero-order chi connectivity index (χ0) is 20.2. The van der Waals surface area contributed by atoms with Crippen molar-refractivity contribution in [3.8, 4) is 0 Å². The predicted molar refractivity (Wildman–Crippen MR) is 111 cm³/mol. The van der Waals surface area contributed by atoms with Crippen LogP contribution < -0.4 is 5.32 Å². The van der Waals surface area contributed by atoms with E-state index in [0.717, 1.165) is 10.8 Å². The fraction of sp³-hybridized carbons (Fsp3) is 0.217. The molecule has 6 heteroatoms. The first-order valence-electron chi connectivity index (χ1n) is 9.65. The van der Waals surface area contributed by atoms with E-state index in [0.29, 0.717) is 37.4 Å². The summed E-state index contributed by atoms with van der Waals surface area (Å²) >= 11 is 0. The summed E-state index contributed by atoms with van der Waals surface area (Å²) in [7, 11) is 0. The van der Waals surface area contributed by atoms with Gasteiger partial charge in [0.05, 0.1) is 6.54 Å². The van der Waals surface area contributed by atoms with Gasteiger partial charge in [0.15, 0.2) is 0 Å². The number of hydrogen-bond donors (Lipinski definition) is 1. The number of fused-ring (bicyclic) bond motifs is 1. The average molecular weight is 391 g/mol. The molecule has 3 aromatic carbocycles. The molecule has 1 aliphatic heterocycles. The minimum absolute atomic E-state index is 0.0191. The minimum Gasteiger partial charge on any atom is -0.336 e. The van der Waals surface area contributed by atoms with E-state index in [1.54, 1.807) is 12.1 Å². The second-order valence-corrected chi connectivity index (χ2v) is 7.15. The molecule has 2 amide bonds. The topological polar surface area (TPSA) is 52.7 Å². The van der Waals surface area contributed by atoms with Crippen LogP contribution in [0.15, 0.2) is 66.7 Å². The second-order valence-electron chi connectivity index (χ2n) is 7.15. The van der Waals surface area contributed by atoms with Gasteiger partial charge in [0.1, 0.15) is 5.82 Å². The van der Waals surface area contributed by atoms with Crippen LogP contribution in [-0.2, 0) is 4.79 Å². The molecule has 1 aliphatic rings. The number of carbonyl (C=O) groups excluding carboxylic acids is 2. The van der Waals surface area contributed by atoms with E-state index in [1.165, 1.54) is 12.1 Å². The standard InChI is InChI=1S/C23H22FN3O2/c24-18-7-4-8-19(15-18)25-22(28)16-26-11-13-27(14-12-26)23(29)21-10-3-6-17-5-1-2-9-20(17)21/h1-10,15H,11-14,16H2,(H,25,28). The van der Waals surface area contributed by atoms with Crippen LogP contribution in [0.25, 0.3) is 10.8 Å². The summed E-state index contributed by atoms with van der Waals surface area (Å²) in [6, 6.07) is 19.5. The summed E-state index contributed by atoms with van der Waals surface area (Å²) in [5.74, 6) is -0.557. The first kappa shape index (κ1) is 19.1. The van der Waals surface area contributed by atoms with Gasteiger partial charge in [-0.2, -0.15) is 0 Å². The van der Waals surface area contributed by atoms with Crippen LogP contribution in [0.2, 0.25) is 0 Å². The fourth-order valence-corrected chi connectivity index (χ4v) is 3.66. The highest BCUT2D eigenvalue weighted by Crippen LogP contribution is 2.20. The van der Waals surface area contributed by atoms with E-state index in [9.17, 15) is 14.0 Å². The molecule has 4 rings (SSSR count). The molecular formula is C23H22FN3O2. The zero-order valence-corrected chi connectivity index (χ0v) is 16.0. The fourth-order valence-electron chi connectivity index (χ4n) is 3.66. The Hall–Kier alpha value is -3.25. The maximum absolute atomic E-state index is 13.2. The van der Waals surface area contributed by atoms with Gasteiger partial charge in [0.2, 0.25) is 5.91 Å². The van der Waals surface area contributed by atoms with E-state index in [4.69, 9.17) is 0 Å². The molecule has 0 unspecified atom stereocenters. The lowest BCUT2D eigenvalue weighted by Gasteiger charge is -2.34. The van der Waals surface area contributed by atoms with Gasteiger partial charge in [-0.05, 0) is 35.0 Å². The van der Waals surface area contributed by atoms with Crippen LogP contribution in [0.3, 0.4) is 0 Å². The van der Waals surface area contributed by atoms with Crippen LogP contribution in [0.1, 0.15) is 10.4 Å². The highest BCUT2D eigenvalue weighted by molar-refractivity contribution is 6.07. The van der Waals surface area contributed by atoms with Crippen molar-refractivity contribution in [3.05, 3.63) is 78.1 Å².